The predicted molar refractivity (Wildman–Crippen MR) is 80.1 cm³/mol. The Labute approximate surface area is 117 Å². The fourth-order valence-electron chi connectivity index (χ4n) is 2.89. The molecular formula is C14H18N4S. The lowest BCUT2D eigenvalue weighted by atomic mass is 10.1. The molecule has 1 aromatic carbocycles. The summed E-state index contributed by atoms with van der Waals surface area (Å²) in [6.07, 6.45) is 0. The average molecular weight is 274 g/mol. The van der Waals surface area contributed by atoms with Crippen molar-refractivity contribution in [2.24, 2.45) is 0 Å². The molecule has 5 heteroatoms. The van der Waals surface area contributed by atoms with Crippen molar-refractivity contribution in [2.45, 2.75) is 6.04 Å². The highest BCUT2D eigenvalue weighted by atomic mass is 32.1. The maximum atomic E-state index is 4.73. The van der Waals surface area contributed by atoms with E-state index < -0.39 is 0 Å². The number of hydrogen-bond donors (Lipinski definition) is 1. The van der Waals surface area contributed by atoms with Gasteiger partial charge in [0.05, 0.1) is 10.2 Å². The number of para-hydroxylation sites is 1. The number of anilines is 1. The standard InChI is InChI=1S/C14H18N4S/c1-2-4-13-12(3-1)16-14(19-13)18-9-11(10-18)17-7-5-15-6-8-17/h1-4,11,15H,5-10H2. The Morgan fingerprint density at radius 2 is 1.95 bits per heavy atom. The molecule has 0 atom stereocenters. The molecule has 4 nitrogen and oxygen atoms in total. The summed E-state index contributed by atoms with van der Waals surface area (Å²) in [6, 6.07) is 9.14. The van der Waals surface area contributed by atoms with Crippen LogP contribution in [-0.4, -0.2) is 55.2 Å². The quantitative estimate of drug-likeness (QED) is 0.897. The normalized spacial score (nSPS) is 21.8. The summed E-state index contributed by atoms with van der Waals surface area (Å²) in [4.78, 5) is 9.75. The SMILES string of the molecule is c1ccc2sc(N3CC(N4CCNCC4)C3)nc2c1. The number of nitrogens with zero attached hydrogens (tertiary/aromatic N) is 3. The Bertz CT molecular complexity index is 537. The van der Waals surface area contributed by atoms with E-state index in [1.807, 2.05) is 11.3 Å². The lowest BCUT2D eigenvalue weighted by molar-refractivity contribution is 0.147. The van der Waals surface area contributed by atoms with Crippen LogP contribution >= 0.6 is 11.3 Å². The molecule has 0 radical (unpaired) electrons. The highest BCUT2D eigenvalue weighted by molar-refractivity contribution is 7.22. The summed E-state index contributed by atoms with van der Waals surface area (Å²) in [5.41, 5.74) is 1.13. The summed E-state index contributed by atoms with van der Waals surface area (Å²) >= 11 is 1.81. The molecule has 0 spiro atoms. The molecule has 0 aliphatic carbocycles. The molecule has 0 saturated carbocycles. The van der Waals surface area contributed by atoms with Crippen molar-refractivity contribution in [3.63, 3.8) is 0 Å². The van der Waals surface area contributed by atoms with Crippen LogP contribution in [0.25, 0.3) is 10.2 Å². The zero-order valence-corrected chi connectivity index (χ0v) is 11.7. The van der Waals surface area contributed by atoms with Gasteiger partial charge in [0.15, 0.2) is 5.13 Å². The first-order valence-corrected chi connectivity index (χ1v) is 7.77. The third-order valence-corrected chi connectivity index (χ3v) is 5.18. The molecular weight excluding hydrogens is 256 g/mol. The van der Waals surface area contributed by atoms with Crippen LogP contribution in [0.4, 0.5) is 5.13 Å². The van der Waals surface area contributed by atoms with Crippen LogP contribution in [0, 0.1) is 0 Å². The maximum absolute atomic E-state index is 4.73. The average Bonchev–Trinajstić information content (AvgIpc) is 2.81. The van der Waals surface area contributed by atoms with Crippen LogP contribution in [0.5, 0.6) is 0 Å². The monoisotopic (exact) mass is 274 g/mol. The van der Waals surface area contributed by atoms with E-state index in [1.165, 1.54) is 22.9 Å². The van der Waals surface area contributed by atoms with Crippen molar-refractivity contribution in [1.82, 2.24) is 15.2 Å². The first kappa shape index (κ1) is 11.6. The molecule has 0 bridgehead atoms. The lowest BCUT2D eigenvalue weighted by Crippen LogP contribution is -2.62. The maximum Gasteiger partial charge on any atom is 0.186 e. The van der Waals surface area contributed by atoms with Crippen molar-refractivity contribution < 1.29 is 0 Å². The molecule has 0 unspecified atom stereocenters. The first-order valence-electron chi connectivity index (χ1n) is 6.95. The van der Waals surface area contributed by atoms with E-state index in [-0.39, 0.29) is 0 Å². The van der Waals surface area contributed by atoms with Crippen molar-refractivity contribution in [3.05, 3.63) is 24.3 Å². The summed E-state index contributed by atoms with van der Waals surface area (Å²) in [5, 5.41) is 4.60. The van der Waals surface area contributed by atoms with Gasteiger partial charge in [-0.25, -0.2) is 4.98 Å². The molecule has 2 aliphatic rings. The Morgan fingerprint density at radius 3 is 2.74 bits per heavy atom. The van der Waals surface area contributed by atoms with Crippen LogP contribution in [0.15, 0.2) is 24.3 Å². The van der Waals surface area contributed by atoms with Crippen LogP contribution < -0.4 is 10.2 Å². The van der Waals surface area contributed by atoms with Gasteiger partial charge >= 0.3 is 0 Å². The van der Waals surface area contributed by atoms with Gasteiger partial charge in [-0.2, -0.15) is 0 Å². The molecule has 19 heavy (non-hydrogen) atoms. The molecule has 4 rings (SSSR count). The second kappa shape index (κ2) is 4.74. The van der Waals surface area contributed by atoms with Crippen molar-refractivity contribution >= 4 is 26.7 Å². The minimum Gasteiger partial charge on any atom is -0.345 e. The number of thiazole rings is 1. The Balaban J connectivity index is 1.44. The molecule has 2 saturated heterocycles. The van der Waals surface area contributed by atoms with Crippen molar-refractivity contribution in [2.75, 3.05) is 44.2 Å². The molecule has 1 aromatic heterocycles. The third kappa shape index (κ3) is 2.12. The van der Waals surface area contributed by atoms with Crippen molar-refractivity contribution in [3.8, 4) is 0 Å². The number of rotatable bonds is 2. The molecule has 2 aromatic rings. The topological polar surface area (TPSA) is 31.4 Å². The van der Waals surface area contributed by atoms with E-state index in [1.54, 1.807) is 0 Å². The van der Waals surface area contributed by atoms with Crippen LogP contribution in [0.2, 0.25) is 0 Å². The third-order valence-electron chi connectivity index (χ3n) is 4.08. The van der Waals surface area contributed by atoms with Crippen LogP contribution in [-0.2, 0) is 0 Å². The van der Waals surface area contributed by atoms with Gasteiger partial charge in [-0.3, -0.25) is 4.90 Å². The number of benzene rings is 1. The first-order chi connectivity index (χ1) is 9.40. The second-order valence-electron chi connectivity index (χ2n) is 5.31. The zero-order valence-electron chi connectivity index (χ0n) is 10.9. The second-order valence-corrected chi connectivity index (χ2v) is 6.32. The van der Waals surface area contributed by atoms with E-state index in [0.29, 0.717) is 0 Å². The largest absolute Gasteiger partial charge is 0.345 e. The highest BCUT2D eigenvalue weighted by Crippen LogP contribution is 2.32. The zero-order chi connectivity index (χ0) is 12.7. The fraction of sp³-hybridized carbons (Fsp3) is 0.500. The molecule has 100 valence electrons. The summed E-state index contributed by atoms with van der Waals surface area (Å²) < 4.78 is 1.29. The van der Waals surface area contributed by atoms with Gasteiger partial charge in [0.2, 0.25) is 0 Å². The summed E-state index contributed by atoms with van der Waals surface area (Å²) in [5.74, 6) is 0. The Hall–Kier alpha value is -1.17. The molecule has 2 fully saturated rings. The Morgan fingerprint density at radius 1 is 1.16 bits per heavy atom. The van der Waals surface area contributed by atoms with Gasteiger partial charge < -0.3 is 10.2 Å². The van der Waals surface area contributed by atoms with E-state index in [9.17, 15) is 0 Å². The minimum atomic E-state index is 0.731. The van der Waals surface area contributed by atoms with Gasteiger partial charge in [0.25, 0.3) is 0 Å². The number of aromatic nitrogens is 1. The highest BCUT2D eigenvalue weighted by Gasteiger charge is 2.33. The van der Waals surface area contributed by atoms with E-state index >= 15 is 0 Å². The van der Waals surface area contributed by atoms with Crippen LogP contribution in [0.1, 0.15) is 0 Å². The van der Waals surface area contributed by atoms with E-state index in [0.717, 1.165) is 37.7 Å². The van der Waals surface area contributed by atoms with Gasteiger partial charge in [0.1, 0.15) is 0 Å². The number of fused-ring (bicyclic) bond motifs is 1. The predicted octanol–water partition coefficient (Wildman–Crippen LogP) is 1.39. The van der Waals surface area contributed by atoms with E-state index in [4.69, 9.17) is 4.98 Å². The minimum absolute atomic E-state index is 0.731. The smallest absolute Gasteiger partial charge is 0.186 e. The summed E-state index contributed by atoms with van der Waals surface area (Å²) in [6.45, 7) is 6.94. The summed E-state index contributed by atoms with van der Waals surface area (Å²) in [7, 11) is 0. The number of nitrogens with one attached hydrogen (secondary N) is 1. The number of hydrogen-bond acceptors (Lipinski definition) is 5. The van der Waals surface area contributed by atoms with Gasteiger partial charge in [-0.05, 0) is 12.1 Å². The van der Waals surface area contributed by atoms with Gasteiger partial charge in [-0.15, -0.1) is 0 Å². The van der Waals surface area contributed by atoms with Gasteiger partial charge in [-0.1, -0.05) is 23.5 Å². The van der Waals surface area contributed by atoms with Crippen molar-refractivity contribution in [1.29, 1.82) is 0 Å². The molecule has 0 amide bonds. The van der Waals surface area contributed by atoms with E-state index in [2.05, 4.69) is 39.4 Å². The molecule has 2 aliphatic heterocycles. The Kier molecular flexibility index (Phi) is 2.90. The molecule has 1 N–H and O–H groups in total. The lowest BCUT2D eigenvalue weighted by Gasteiger charge is -2.46. The fourth-order valence-corrected chi connectivity index (χ4v) is 3.87. The van der Waals surface area contributed by atoms with Gasteiger partial charge in [0, 0.05) is 45.3 Å². The number of piperazine rings is 1. The van der Waals surface area contributed by atoms with Crippen LogP contribution in [0.3, 0.4) is 0 Å². The molecule has 3 heterocycles.